The van der Waals surface area contributed by atoms with Gasteiger partial charge in [0.15, 0.2) is 0 Å². The number of pyridine rings is 1. The normalized spacial score (nSPS) is 15.8. The topological polar surface area (TPSA) is 101 Å². The lowest BCUT2D eigenvalue weighted by Gasteiger charge is -2.31. The lowest BCUT2D eigenvalue weighted by molar-refractivity contribution is -0.156. The Balaban J connectivity index is 1.82. The highest BCUT2D eigenvalue weighted by Crippen LogP contribution is 2.38. The van der Waals surface area contributed by atoms with Crippen LogP contribution in [0.15, 0.2) is 53.5 Å². The van der Waals surface area contributed by atoms with Gasteiger partial charge >= 0.3 is 5.97 Å². The predicted octanol–water partition coefficient (Wildman–Crippen LogP) is 4.81. The third-order valence-electron chi connectivity index (χ3n) is 6.28. The minimum Gasteiger partial charge on any atom is -0.481 e. The largest absolute Gasteiger partial charge is 0.481 e. The molecule has 2 heterocycles. The molecule has 3 rings (SSSR count). The van der Waals surface area contributed by atoms with Crippen molar-refractivity contribution in [2.75, 3.05) is 19.7 Å². The van der Waals surface area contributed by atoms with E-state index in [-0.39, 0.29) is 6.61 Å². The van der Waals surface area contributed by atoms with Crippen LogP contribution in [0.5, 0.6) is 0 Å². The van der Waals surface area contributed by atoms with Gasteiger partial charge in [-0.25, -0.2) is 4.31 Å². The Labute approximate surface area is 213 Å². The Hall–Kier alpha value is -2.55. The molecular weight excluding hydrogens is 460 g/mol. The van der Waals surface area contributed by atoms with Crippen molar-refractivity contribution >= 4 is 17.9 Å². The minimum atomic E-state index is -1.13. The van der Waals surface area contributed by atoms with Crippen LogP contribution in [-0.4, -0.2) is 40.1 Å². The molecule has 0 radical (unpaired) electrons. The van der Waals surface area contributed by atoms with E-state index in [0.29, 0.717) is 5.70 Å². The number of carboxylic acids is 1. The van der Waals surface area contributed by atoms with Crippen LogP contribution in [0.4, 0.5) is 0 Å². The zero-order valence-electron chi connectivity index (χ0n) is 21.2. The van der Waals surface area contributed by atoms with Gasteiger partial charge in [0, 0.05) is 43.1 Å². The highest BCUT2D eigenvalue weighted by atomic mass is 32.2. The van der Waals surface area contributed by atoms with Crippen molar-refractivity contribution in [3.05, 3.63) is 70.8 Å². The van der Waals surface area contributed by atoms with E-state index >= 15 is 0 Å². The molecule has 7 nitrogen and oxygen atoms in total. The maximum absolute atomic E-state index is 12.2. The van der Waals surface area contributed by atoms with E-state index in [2.05, 4.69) is 46.7 Å². The molecule has 1 atom stereocenters. The summed E-state index contributed by atoms with van der Waals surface area (Å²) >= 11 is 1.74. The Morgan fingerprint density at radius 3 is 2.94 bits per heavy atom. The lowest BCUT2D eigenvalue weighted by Crippen LogP contribution is -2.34. The van der Waals surface area contributed by atoms with Gasteiger partial charge in [-0.15, -0.1) is 0 Å². The monoisotopic (exact) mass is 498 g/mol. The van der Waals surface area contributed by atoms with E-state index in [9.17, 15) is 9.90 Å². The van der Waals surface area contributed by atoms with Crippen LogP contribution in [0.2, 0.25) is 0 Å². The van der Waals surface area contributed by atoms with Crippen LogP contribution in [0.1, 0.15) is 62.0 Å². The van der Waals surface area contributed by atoms with Crippen molar-refractivity contribution in [3.63, 3.8) is 0 Å². The first-order chi connectivity index (χ1) is 16.7. The van der Waals surface area contributed by atoms with Gasteiger partial charge in [-0.2, -0.15) is 0 Å². The van der Waals surface area contributed by atoms with Crippen molar-refractivity contribution in [2.45, 2.75) is 64.5 Å². The summed E-state index contributed by atoms with van der Waals surface area (Å²) in [6, 6.07) is 8.22. The number of hydrogen-bond acceptors (Lipinski definition) is 7. The van der Waals surface area contributed by atoms with E-state index in [0.717, 1.165) is 50.0 Å². The van der Waals surface area contributed by atoms with E-state index < -0.39 is 17.5 Å². The smallest absolute Gasteiger partial charge is 0.312 e. The quantitative estimate of drug-likeness (QED) is 0.300. The van der Waals surface area contributed by atoms with Crippen molar-refractivity contribution in [1.82, 2.24) is 14.6 Å². The number of carbonyl (C=O) groups is 1. The molecule has 1 aliphatic rings. The molecule has 1 unspecified atom stereocenters. The summed E-state index contributed by atoms with van der Waals surface area (Å²) in [5.41, 5.74) is 10.0. The van der Waals surface area contributed by atoms with Crippen molar-refractivity contribution in [2.24, 2.45) is 11.1 Å². The summed E-state index contributed by atoms with van der Waals surface area (Å²) < 4.78 is 8.52. The molecule has 0 amide bonds. The number of aliphatic carboxylic acids is 1. The van der Waals surface area contributed by atoms with Crippen LogP contribution in [-0.2, 0) is 22.5 Å². The average molecular weight is 499 g/mol. The zero-order chi connectivity index (χ0) is 25.4. The SMILES string of the molecule is CCCN/C=C(\N)COC(c1ccc(C)c(CN2CCCc3ccncc3S2)c1)C(C)(C)C(=O)O. The van der Waals surface area contributed by atoms with E-state index in [1.165, 1.54) is 16.0 Å². The second-order valence-electron chi connectivity index (χ2n) is 9.62. The summed E-state index contributed by atoms with van der Waals surface area (Å²) in [4.78, 5) is 17.7. The molecule has 0 saturated heterocycles. The molecular formula is C27H38N4O3S. The molecule has 1 aromatic heterocycles. The van der Waals surface area contributed by atoms with Crippen molar-refractivity contribution in [1.29, 1.82) is 0 Å². The Morgan fingerprint density at radius 2 is 2.20 bits per heavy atom. The number of hydrogen-bond donors (Lipinski definition) is 3. The Kier molecular flexibility index (Phi) is 9.60. The number of rotatable bonds is 11. The summed E-state index contributed by atoms with van der Waals surface area (Å²) in [5, 5.41) is 13.1. The van der Waals surface area contributed by atoms with Gasteiger partial charge in [0.2, 0.25) is 0 Å². The van der Waals surface area contributed by atoms with Crippen LogP contribution < -0.4 is 11.1 Å². The molecule has 2 aromatic rings. The first kappa shape index (κ1) is 27.0. The number of nitrogens with one attached hydrogen (secondary N) is 1. The predicted molar refractivity (Wildman–Crippen MR) is 141 cm³/mol. The van der Waals surface area contributed by atoms with Gasteiger partial charge in [0.25, 0.3) is 0 Å². The average Bonchev–Trinajstić information content (AvgIpc) is 3.02. The van der Waals surface area contributed by atoms with Gasteiger partial charge in [-0.05, 0) is 80.3 Å². The summed E-state index contributed by atoms with van der Waals surface area (Å²) in [5.74, 6) is -0.913. The van der Waals surface area contributed by atoms with Crippen LogP contribution in [0.25, 0.3) is 0 Å². The summed E-state index contributed by atoms with van der Waals surface area (Å²) in [6.45, 7) is 10.3. The molecule has 4 N–H and O–H groups in total. The number of aryl methyl sites for hydroxylation is 2. The van der Waals surface area contributed by atoms with Gasteiger partial charge < -0.3 is 20.9 Å². The van der Waals surface area contributed by atoms with Gasteiger partial charge in [0.05, 0.1) is 23.8 Å². The second-order valence-corrected chi connectivity index (χ2v) is 10.8. The number of benzene rings is 1. The number of ether oxygens (including phenoxy) is 1. The second kappa shape index (κ2) is 12.4. The molecule has 1 aliphatic heterocycles. The molecule has 0 spiro atoms. The maximum atomic E-state index is 12.2. The Bertz CT molecular complexity index is 1040. The number of aromatic nitrogens is 1. The molecule has 190 valence electrons. The molecule has 0 bridgehead atoms. The summed E-state index contributed by atoms with van der Waals surface area (Å²) in [7, 11) is 0. The van der Waals surface area contributed by atoms with Gasteiger partial charge in [-0.3, -0.25) is 9.78 Å². The molecule has 8 heteroatoms. The van der Waals surface area contributed by atoms with Gasteiger partial charge in [0.1, 0.15) is 0 Å². The maximum Gasteiger partial charge on any atom is 0.312 e. The molecule has 1 aromatic carbocycles. The molecule has 0 aliphatic carbocycles. The fourth-order valence-corrected chi connectivity index (χ4v) is 5.15. The Morgan fingerprint density at radius 1 is 1.40 bits per heavy atom. The third-order valence-corrected chi connectivity index (χ3v) is 7.41. The lowest BCUT2D eigenvalue weighted by atomic mass is 9.81. The highest BCUT2D eigenvalue weighted by Gasteiger charge is 2.39. The number of nitrogens with two attached hydrogens (primary N) is 1. The standard InChI is InChI=1S/C27H38N4O3S/c1-5-11-29-15-23(28)18-34-25(27(3,4)26(32)33)21-9-8-19(2)22(14-21)17-31-13-6-7-20-10-12-30-16-24(20)35-31/h8-10,12,14-16,25,29H,5-7,11,13,17-18,28H2,1-4H3,(H,32,33)/b23-15-. The first-order valence-corrected chi connectivity index (χ1v) is 13.0. The van der Waals surface area contributed by atoms with E-state index in [1.807, 2.05) is 18.5 Å². The number of carboxylic acid groups (broad SMARTS) is 1. The third kappa shape index (κ3) is 7.22. The minimum absolute atomic E-state index is 0.146. The van der Waals surface area contributed by atoms with Crippen LogP contribution >= 0.6 is 11.9 Å². The van der Waals surface area contributed by atoms with E-state index in [4.69, 9.17) is 10.5 Å². The highest BCUT2D eigenvalue weighted by molar-refractivity contribution is 7.97. The molecule has 0 saturated carbocycles. The first-order valence-electron chi connectivity index (χ1n) is 12.2. The molecule has 0 fully saturated rings. The van der Waals surface area contributed by atoms with Crippen molar-refractivity contribution in [3.8, 4) is 0 Å². The number of fused-ring (bicyclic) bond motifs is 1. The van der Waals surface area contributed by atoms with E-state index in [1.54, 1.807) is 32.0 Å². The van der Waals surface area contributed by atoms with Crippen molar-refractivity contribution < 1.29 is 14.6 Å². The van der Waals surface area contributed by atoms with Crippen LogP contribution in [0, 0.1) is 12.3 Å². The molecule has 35 heavy (non-hydrogen) atoms. The number of nitrogens with zero attached hydrogens (tertiary/aromatic N) is 2. The van der Waals surface area contributed by atoms with Gasteiger partial charge in [-0.1, -0.05) is 25.1 Å². The fraction of sp³-hybridized carbons (Fsp3) is 0.481. The summed E-state index contributed by atoms with van der Waals surface area (Å²) in [6.07, 6.45) is 7.99. The zero-order valence-corrected chi connectivity index (χ0v) is 22.0. The fourth-order valence-electron chi connectivity index (χ4n) is 4.06. The van der Waals surface area contributed by atoms with Crippen LogP contribution in [0.3, 0.4) is 0 Å².